The van der Waals surface area contributed by atoms with Crippen LogP contribution in [-0.4, -0.2) is 18.3 Å². The Bertz CT molecular complexity index is 358. The van der Waals surface area contributed by atoms with E-state index in [4.69, 9.17) is 10.8 Å². The summed E-state index contributed by atoms with van der Waals surface area (Å²) < 4.78 is 0. The van der Waals surface area contributed by atoms with Crippen LogP contribution in [0.3, 0.4) is 0 Å². The molecule has 3 N–H and O–H groups in total. The van der Waals surface area contributed by atoms with Crippen molar-refractivity contribution in [1.82, 2.24) is 0 Å². The van der Waals surface area contributed by atoms with Crippen LogP contribution in [0.1, 0.15) is 11.1 Å². The maximum Gasteiger partial charge on any atom is 0.0471 e. The van der Waals surface area contributed by atoms with Gasteiger partial charge in [0.1, 0.15) is 0 Å². The summed E-state index contributed by atoms with van der Waals surface area (Å²) in [5.74, 6) is 0. The Hall–Kier alpha value is -1.64. The number of rotatable bonds is 4. The van der Waals surface area contributed by atoms with E-state index in [1.807, 2.05) is 48.5 Å². The number of nitrogens with two attached hydrogens (primary N) is 1. The number of aliphatic hydroxyl groups is 1. The predicted molar refractivity (Wildman–Crippen MR) is 76.4 cm³/mol. The number of hydrogen-bond acceptors (Lipinski definition) is 2. The molecule has 2 rings (SSSR count). The molecule has 0 unspecified atom stereocenters. The van der Waals surface area contributed by atoms with E-state index in [1.165, 1.54) is 11.1 Å². The molecule has 0 fully saturated rings. The van der Waals surface area contributed by atoms with Gasteiger partial charge in [-0.15, -0.1) is 0 Å². The summed E-state index contributed by atoms with van der Waals surface area (Å²) in [5.41, 5.74) is 7.87. The molecule has 0 aromatic heterocycles. The molecule has 0 bridgehead atoms. The van der Waals surface area contributed by atoms with Crippen LogP contribution in [0.25, 0.3) is 0 Å². The molecule has 0 amide bonds. The minimum absolute atomic E-state index is 0.240. The lowest BCUT2D eigenvalue weighted by Crippen LogP contribution is -2.01. The molecule has 2 aromatic carbocycles. The summed E-state index contributed by atoms with van der Waals surface area (Å²) in [6.07, 6.45) is 1.75. The molecule has 0 aliphatic rings. The third kappa shape index (κ3) is 6.18. The Kier molecular flexibility index (Phi) is 7.53. The number of benzene rings is 2. The van der Waals surface area contributed by atoms with Crippen LogP contribution in [0.15, 0.2) is 60.7 Å². The van der Waals surface area contributed by atoms with Gasteiger partial charge in [0, 0.05) is 6.61 Å². The largest absolute Gasteiger partial charge is 0.396 e. The second kappa shape index (κ2) is 9.40. The van der Waals surface area contributed by atoms with Gasteiger partial charge in [-0.25, -0.2) is 0 Å². The predicted octanol–water partition coefficient (Wildman–Crippen LogP) is 2.41. The van der Waals surface area contributed by atoms with Crippen molar-refractivity contribution in [3.05, 3.63) is 71.8 Å². The minimum atomic E-state index is 0.240. The fourth-order valence-corrected chi connectivity index (χ4v) is 1.59. The fourth-order valence-electron chi connectivity index (χ4n) is 1.59. The van der Waals surface area contributed by atoms with Crippen molar-refractivity contribution < 1.29 is 5.11 Å². The monoisotopic (exact) mass is 243 g/mol. The first-order valence-corrected chi connectivity index (χ1v) is 6.25. The average Bonchev–Trinajstić information content (AvgIpc) is 2.43. The summed E-state index contributed by atoms with van der Waals surface area (Å²) in [6, 6.07) is 20.2. The van der Waals surface area contributed by atoms with Crippen LogP contribution in [0.4, 0.5) is 0 Å². The van der Waals surface area contributed by atoms with E-state index < -0.39 is 0 Å². The molecule has 0 heterocycles. The van der Waals surface area contributed by atoms with Crippen molar-refractivity contribution in [2.24, 2.45) is 5.73 Å². The Labute approximate surface area is 109 Å². The van der Waals surface area contributed by atoms with Crippen molar-refractivity contribution in [1.29, 1.82) is 0 Å². The number of hydrogen-bond donors (Lipinski definition) is 2. The molecular weight excluding hydrogens is 222 g/mol. The molecule has 0 atom stereocenters. The highest BCUT2D eigenvalue weighted by Gasteiger charge is 1.85. The van der Waals surface area contributed by atoms with E-state index >= 15 is 0 Å². The Morgan fingerprint density at radius 3 is 1.56 bits per heavy atom. The van der Waals surface area contributed by atoms with Gasteiger partial charge in [-0.3, -0.25) is 0 Å². The highest BCUT2D eigenvalue weighted by molar-refractivity contribution is 5.15. The van der Waals surface area contributed by atoms with Crippen LogP contribution in [-0.2, 0) is 12.8 Å². The van der Waals surface area contributed by atoms with E-state index in [1.54, 1.807) is 0 Å². The van der Waals surface area contributed by atoms with Gasteiger partial charge < -0.3 is 10.8 Å². The third-order valence-electron chi connectivity index (χ3n) is 2.52. The zero-order valence-electron chi connectivity index (χ0n) is 10.6. The zero-order valence-corrected chi connectivity index (χ0v) is 10.6. The van der Waals surface area contributed by atoms with E-state index in [9.17, 15) is 0 Å². The summed E-state index contributed by atoms with van der Waals surface area (Å²) in [6.45, 7) is 0.980. The lowest BCUT2D eigenvalue weighted by Gasteiger charge is -1.93. The van der Waals surface area contributed by atoms with Crippen molar-refractivity contribution in [3.8, 4) is 0 Å². The van der Waals surface area contributed by atoms with Gasteiger partial charge in [0.25, 0.3) is 0 Å². The molecule has 0 spiro atoms. The molecule has 18 heavy (non-hydrogen) atoms. The van der Waals surface area contributed by atoms with E-state index in [-0.39, 0.29) is 6.61 Å². The standard InChI is InChI=1S/C8H11N.C8H10O/c2*9-7-6-8-4-2-1-3-5-8/h1-5H,6-7,9H2;1-5,9H,6-7H2. The average molecular weight is 243 g/mol. The quantitative estimate of drug-likeness (QED) is 0.866. The Morgan fingerprint density at radius 1 is 0.722 bits per heavy atom. The van der Waals surface area contributed by atoms with Crippen LogP contribution in [0.5, 0.6) is 0 Å². The van der Waals surface area contributed by atoms with Gasteiger partial charge in [0.2, 0.25) is 0 Å². The van der Waals surface area contributed by atoms with Gasteiger partial charge in [0.15, 0.2) is 0 Å². The van der Waals surface area contributed by atoms with Gasteiger partial charge >= 0.3 is 0 Å². The van der Waals surface area contributed by atoms with Gasteiger partial charge in [0.05, 0.1) is 0 Å². The second-order valence-corrected chi connectivity index (χ2v) is 3.98. The topological polar surface area (TPSA) is 46.2 Å². The first-order valence-electron chi connectivity index (χ1n) is 6.25. The van der Waals surface area contributed by atoms with Gasteiger partial charge in [-0.1, -0.05) is 60.7 Å². The second-order valence-electron chi connectivity index (χ2n) is 3.98. The molecule has 0 aliphatic heterocycles. The van der Waals surface area contributed by atoms with Crippen LogP contribution in [0, 0.1) is 0 Å². The first-order chi connectivity index (χ1) is 8.86. The van der Waals surface area contributed by atoms with Crippen molar-refractivity contribution in [2.45, 2.75) is 12.8 Å². The smallest absolute Gasteiger partial charge is 0.0471 e. The van der Waals surface area contributed by atoms with E-state index in [0.717, 1.165) is 19.4 Å². The summed E-state index contributed by atoms with van der Waals surface area (Å²) in [7, 11) is 0. The van der Waals surface area contributed by atoms with Crippen LogP contribution < -0.4 is 5.73 Å². The summed E-state index contributed by atoms with van der Waals surface area (Å²) >= 11 is 0. The van der Waals surface area contributed by atoms with Crippen molar-refractivity contribution in [2.75, 3.05) is 13.2 Å². The fraction of sp³-hybridized carbons (Fsp3) is 0.250. The molecule has 0 saturated carbocycles. The lowest BCUT2D eigenvalue weighted by atomic mass is 10.2. The van der Waals surface area contributed by atoms with E-state index in [0.29, 0.717) is 0 Å². The molecule has 0 radical (unpaired) electrons. The highest BCUT2D eigenvalue weighted by Crippen LogP contribution is 1.97. The lowest BCUT2D eigenvalue weighted by molar-refractivity contribution is 0.299. The maximum atomic E-state index is 8.52. The molecule has 2 aromatic rings. The Morgan fingerprint density at radius 2 is 1.17 bits per heavy atom. The van der Waals surface area contributed by atoms with Gasteiger partial charge in [-0.2, -0.15) is 0 Å². The van der Waals surface area contributed by atoms with E-state index in [2.05, 4.69) is 12.1 Å². The molecule has 96 valence electrons. The molecular formula is C16H21NO. The summed E-state index contributed by atoms with van der Waals surface area (Å²) in [5, 5.41) is 8.52. The Balaban J connectivity index is 0.000000180. The zero-order chi connectivity index (χ0) is 13.1. The van der Waals surface area contributed by atoms with Crippen molar-refractivity contribution in [3.63, 3.8) is 0 Å². The number of aliphatic hydroxyl groups excluding tert-OH is 1. The molecule has 2 nitrogen and oxygen atoms in total. The highest BCUT2D eigenvalue weighted by atomic mass is 16.2. The molecule has 0 saturated heterocycles. The maximum absolute atomic E-state index is 8.52. The van der Waals surface area contributed by atoms with Crippen LogP contribution in [0.2, 0.25) is 0 Å². The van der Waals surface area contributed by atoms with Gasteiger partial charge in [-0.05, 0) is 30.5 Å². The first kappa shape index (κ1) is 14.4. The van der Waals surface area contributed by atoms with Crippen LogP contribution >= 0.6 is 0 Å². The third-order valence-corrected chi connectivity index (χ3v) is 2.52. The molecule has 0 aliphatic carbocycles. The van der Waals surface area contributed by atoms with Crippen molar-refractivity contribution >= 4 is 0 Å². The SMILES string of the molecule is NCCc1ccccc1.OCCc1ccccc1. The summed E-state index contributed by atoms with van der Waals surface area (Å²) in [4.78, 5) is 0. The normalized spacial score (nSPS) is 9.44. The minimum Gasteiger partial charge on any atom is -0.396 e. The molecule has 2 heteroatoms.